The van der Waals surface area contributed by atoms with Gasteiger partial charge in [0.2, 0.25) is 0 Å². The number of thiophene rings is 1. The molecule has 18 heavy (non-hydrogen) atoms. The minimum absolute atomic E-state index is 0.607. The van der Waals surface area contributed by atoms with Crippen molar-refractivity contribution in [2.45, 2.75) is 25.9 Å². The van der Waals surface area contributed by atoms with E-state index in [0.29, 0.717) is 5.82 Å². The minimum Gasteiger partial charge on any atom is -0.382 e. The van der Waals surface area contributed by atoms with Gasteiger partial charge in [-0.25, -0.2) is 0 Å². The Balaban J connectivity index is 1.47. The summed E-state index contributed by atoms with van der Waals surface area (Å²) in [4.78, 5) is 4.10. The molecule has 0 aromatic carbocycles. The number of hydrogen-bond donors (Lipinski definition) is 1. The van der Waals surface area contributed by atoms with Gasteiger partial charge in [0.05, 0.1) is 0 Å². The largest absolute Gasteiger partial charge is 0.382 e. The molecule has 0 bridgehead atoms. The van der Waals surface area contributed by atoms with Gasteiger partial charge in [-0.3, -0.25) is 9.58 Å². The SMILES string of the molecule is Nc1ccn(CCCN2CCc3sccc3C2)n1. The van der Waals surface area contributed by atoms with Crippen molar-refractivity contribution < 1.29 is 0 Å². The van der Waals surface area contributed by atoms with Crippen LogP contribution in [-0.2, 0) is 19.5 Å². The quantitative estimate of drug-likeness (QED) is 0.916. The van der Waals surface area contributed by atoms with Crippen molar-refractivity contribution in [2.75, 3.05) is 18.8 Å². The van der Waals surface area contributed by atoms with E-state index in [-0.39, 0.29) is 0 Å². The molecule has 0 amide bonds. The lowest BCUT2D eigenvalue weighted by Gasteiger charge is -2.26. The molecule has 0 saturated heterocycles. The lowest BCUT2D eigenvalue weighted by Crippen LogP contribution is -2.31. The van der Waals surface area contributed by atoms with Crippen LogP contribution >= 0.6 is 11.3 Å². The Bertz CT molecular complexity index is 517. The van der Waals surface area contributed by atoms with Crippen molar-refractivity contribution >= 4 is 17.2 Å². The predicted octanol–water partition coefficient (Wildman–Crippen LogP) is 1.98. The number of nitrogen functional groups attached to an aromatic ring is 1. The van der Waals surface area contributed by atoms with E-state index >= 15 is 0 Å². The van der Waals surface area contributed by atoms with Crippen LogP contribution in [-0.4, -0.2) is 27.8 Å². The van der Waals surface area contributed by atoms with Crippen LogP contribution in [0.2, 0.25) is 0 Å². The zero-order chi connectivity index (χ0) is 12.4. The predicted molar refractivity (Wildman–Crippen MR) is 74.6 cm³/mol. The molecule has 96 valence electrons. The van der Waals surface area contributed by atoms with Gasteiger partial charge >= 0.3 is 0 Å². The van der Waals surface area contributed by atoms with Crippen LogP contribution in [0.25, 0.3) is 0 Å². The molecule has 0 aliphatic carbocycles. The smallest absolute Gasteiger partial charge is 0.145 e. The standard InChI is InChI=1S/C13H18N4S/c14-13-3-8-17(15-13)6-1-5-16-7-2-12-11(10-16)4-9-18-12/h3-4,8-9H,1-2,5-7,10H2,(H2,14,15). The van der Waals surface area contributed by atoms with Crippen molar-refractivity contribution in [1.82, 2.24) is 14.7 Å². The topological polar surface area (TPSA) is 47.1 Å². The molecule has 2 aromatic rings. The Morgan fingerprint density at radius 2 is 2.28 bits per heavy atom. The monoisotopic (exact) mass is 262 g/mol. The number of anilines is 1. The number of nitrogens with zero attached hydrogens (tertiary/aromatic N) is 3. The number of aromatic nitrogens is 2. The summed E-state index contributed by atoms with van der Waals surface area (Å²) in [5.41, 5.74) is 7.12. The zero-order valence-corrected chi connectivity index (χ0v) is 11.2. The van der Waals surface area contributed by atoms with Crippen LogP contribution in [0.1, 0.15) is 16.9 Å². The first kappa shape index (κ1) is 11.7. The molecule has 0 fully saturated rings. The first-order valence-corrected chi connectivity index (χ1v) is 7.26. The molecule has 2 aromatic heterocycles. The van der Waals surface area contributed by atoms with Crippen molar-refractivity contribution in [3.8, 4) is 0 Å². The molecule has 0 saturated carbocycles. The summed E-state index contributed by atoms with van der Waals surface area (Å²) in [5, 5.41) is 6.41. The van der Waals surface area contributed by atoms with Gasteiger partial charge in [-0.05, 0) is 35.9 Å². The molecule has 1 aliphatic rings. The second kappa shape index (κ2) is 5.12. The van der Waals surface area contributed by atoms with E-state index in [1.807, 2.05) is 28.3 Å². The minimum atomic E-state index is 0.607. The molecule has 3 heterocycles. The molecule has 1 aliphatic heterocycles. The maximum atomic E-state index is 5.59. The molecule has 0 unspecified atom stereocenters. The second-order valence-corrected chi connectivity index (χ2v) is 5.75. The highest BCUT2D eigenvalue weighted by Crippen LogP contribution is 2.23. The normalized spacial score (nSPS) is 15.8. The lowest BCUT2D eigenvalue weighted by molar-refractivity contribution is 0.247. The number of fused-ring (bicyclic) bond motifs is 1. The highest BCUT2D eigenvalue weighted by Gasteiger charge is 2.16. The maximum Gasteiger partial charge on any atom is 0.145 e. The van der Waals surface area contributed by atoms with Gasteiger partial charge in [-0.1, -0.05) is 0 Å². The molecule has 5 heteroatoms. The van der Waals surface area contributed by atoms with Gasteiger partial charge in [0.15, 0.2) is 0 Å². The summed E-state index contributed by atoms with van der Waals surface area (Å²) in [5.74, 6) is 0.607. The van der Waals surface area contributed by atoms with E-state index in [1.54, 1.807) is 4.88 Å². The number of rotatable bonds is 4. The third-order valence-electron chi connectivity index (χ3n) is 3.41. The fraction of sp³-hybridized carbons (Fsp3) is 0.462. The molecular formula is C13H18N4S. The second-order valence-electron chi connectivity index (χ2n) is 4.75. The molecule has 0 atom stereocenters. The third kappa shape index (κ3) is 2.57. The van der Waals surface area contributed by atoms with E-state index < -0.39 is 0 Å². The highest BCUT2D eigenvalue weighted by atomic mass is 32.1. The Labute approximate surface area is 111 Å². The van der Waals surface area contributed by atoms with Gasteiger partial charge in [-0.15, -0.1) is 11.3 Å². The molecule has 3 rings (SSSR count). The first-order valence-electron chi connectivity index (χ1n) is 6.38. The van der Waals surface area contributed by atoms with Crippen molar-refractivity contribution in [3.05, 3.63) is 34.2 Å². The van der Waals surface area contributed by atoms with Crippen LogP contribution in [0.3, 0.4) is 0 Å². The van der Waals surface area contributed by atoms with E-state index in [1.165, 1.54) is 18.5 Å². The van der Waals surface area contributed by atoms with Gasteiger partial charge in [0, 0.05) is 37.3 Å². The average Bonchev–Trinajstić information content (AvgIpc) is 2.97. The third-order valence-corrected chi connectivity index (χ3v) is 4.43. The van der Waals surface area contributed by atoms with E-state index in [9.17, 15) is 0 Å². The maximum absolute atomic E-state index is 5.59. The molecule has 0 radical (unpaired) electrons. The van der Waals surface area contributed by atoms with Gasteiger partial charge in [0.25, 0.3) is 0 Å². The summed E-state index contributed by atoms with van der Waals surface area (Å²) in [6.45, 7) is 4.38. The summed E-state index contributed by atoms with van der Waals surface area (Å²) >= 11 is 1.90. The highest BCUT2D eigenvalue weighted by molar-refractivity contribution is 7.10. The van der Waals surface area contributed by atoms with Gasteiger partial charge in [-0.2, -0.15) is 5.10 Å². The Morgan fingerprint density at radius 1 is 1.33 bits per heavy atom. The van der Waals surface area contributed by atoms with E-state index in [4.69, 9.17) is 5.73 Å². The fourth-order valence-corrected chi connectivity index (χ4v) is 3.35. The van der Waals surface area contributed by atoms with Crippen LogP contribution in [0.15, 0.2) is 23.7 Å². The van der Waals surface area contributed by atoms with Crippen molar-refractivity contribution in [1.29, 1.82) is 0 Å². The van der Waals surface area contributed by atoms with Gasteiger partial charge in [0.1, 0.15) is 5.82 Å². The summed E-state index contributed by atoms with van der Waals surface area (Å²) in [6.07, 6.45) is 4.28. The molecule has 0 spiro atoms. The number of aryl methyl sites for hydroxylation is 1. The van der Waals surface area contributed by atoms with Crippen LogP contribution in [0, 0.1) is 0 Å². The Kier molecular flexibility index (Phi) is 3.34. The van der Waals surface area contributed by atoms with Crippen LogP contribution < -0.4 is 5.73 Å². The average molecular weight is 262 g/mol. The van der Waals surface area contributed by atoms with E-state index in [0.717, 1.165) is 26.1 Å². The van der Waals surface area contributed by atoms with Crippen LogP contribution in [0.4, 0.5) is 5.82 Å². The summed E-state index contributed by atoms with van der Waals surface area (Å²) in [7, 11) is 0. The van der Waals surface area contributed by atoms with Crippen LogP contribution in [0.5, 0.6) is 0 Å². The Morgan fingerprint density at radius 3 is 3.11 bits per heavy atom. The molecule has 4 nitrogen and oxygen atoms in total. The van der Waals surface area contributed by atoms with Gasteiger partial charge < -0.3 is 5.73 Å². The zero-order valence-electron chi connectivity index (χ0n) is 10.4. The van der Waals surface area contributed by atoms with Crippen molar-refractivity contribution in [3.63, 3.8) is 0 Å². The number of hydrogen-bond acceptors (Lipinski definition) is 4. The Hall–Kier alpha value is -1.33. The molecular weight excluding hydrogens is 244 g/mol. The fourth-order valence-electron chi connectivity index (χ4n) is 2.46. The van der Waals surface area contributed by atoms with E-state index in [2.05, 4.69) is 21.4 Å². The molecule has 2 N–H and O–H groups in total. The summed E-state index contributed by atoms with van der Waals surface area (Å²) in [6, 6.07) is 4.11. The first-order chi connectivity index (χ1) is 8.81. The summed E-state index contributed by atoms with van der Waals surface area (Å²) < 4.78 is 1.93. The van der Waals surface area contributed by atoms with Crippen molar-refractivity contribution in [2.24, 2.45) is 0 Å². The number of nitrogens with two attached hydrogens (primary N) is 1. The lowest BCUT2D eigenvalue weighted by atomic mass is 10.1.